The Labute approximate surface area is 221 Å². The van der Waals surface area contributed by atoms with Crippen LogP contribution in [0.15, 0.2) is 35.7 Å². The molecule has 2 radical (unpaired) electrons. The lowest BCUT2D eigenvalue weighted by molar-refractivity contribution is 0.260. The molecule has 1 aliphatic heterocycles. The summed E-state index contributed by atoms with van der Waals surface area (Å²) in [6.45, 7) is 9.03. The van der Waals surface area contributed by atoms with Crippen molar-refractivity contribution in [2.75, 3.05) is 17.2 Å². The number of hydrogen-bond donors (Lipinski definition) is 4. The molecule has 1 fully saturated rings. The lowest BCUT2D eigenvalue weighted by atomic mass is 9.73. The molecule has 8 nitrogen and oxygen atoms in total. The van der Waals surface area contributed by atoms with E-state index >= 15 is 0 Å². The molecule has 184 valence electrons. The van der Waals surface area contributed by atoms with Crippen LogP contribution in [0.2, 0.25) is 5.02 Å². The van der Waals surface area contributed by atoms with Gasteiger partial charge in [-0.1, -0.05) is 32.4 Å². The Morgan fingerprint density at radius 1 is 1.31 bits per heavy atom. The van der Waals surface area contributed by atoms with Gasteiger partial charge in [0.1, 0.15) is 13.9 Å². The molecule has 0 amide bonds. The molecule has 0 bridgehead atoms. The summed E-state index contributed by atoms with van der Waals surface area (Å²) in [4.78, 5) is 9.79. The molecular weight excluding hydrogens is 491 g/mol. The van der Waals surface area contributed by atoms with Gasteiger partial charge in [-0.15, -0.1) is 16.9 Å². The van der Waals surface area contributed by atoms with E-state index in [0.29, 0.717) is 40.1 Å². The van der Waals surface area contributed by atoms with Crippen LogP contribution in [0.25, 0.3) is 10.9 Å². The number of anilines is 2. The number of benzene rings is 1. The lowest BCUT2D eigenvalue weighted by Crippen LogP contribution is -2.45. The minimum absolute atomic E-state index is 0.0130. The first-order valence-corrected chi connectivity index (χ1v) is 13.1. The fraction of sp³-hybridized carbons (Fsp3) is 0.400. The van der Waals surface area contributed by atoms with Crippen LogP contribution in [0.1, 0.15) is 49.7 Å². The lowest BCUT2D eigenvalue weighted by Gasteiger charge is -2.33. The predicted molar refractivity (Wildman–Crippen MR) is 147 cm³/mol. The average Bonchev–Trinajstić information content (AvgIpc) is 3.37. The van der Waals surface area contributed by atoms with Gasteiger partial charge in [0.2, 0.25) is 0 Å². The van der Waals surface area contributed by atoms with E-state index in [0.717, 1.165) is 34.5 Å². The fourth-order valence-corrected chi connectivity index (χ4v) is 5.35. The number of pyridine rings is 1. The standard InChI is InChI=1S/C25H28BClN8S/c1-14-23(36-13-31-14)25(26,20-11-35(34-33-20)17-5-6-17)32-16-7-18-21(30-12-24(2,3)4)15(9-28)10-29-22(18)19(27)8-16/h7-8,10-11,13,17,32-34H,5-6,12H2,1-4H3,(H,29,30). The van der Waals surface area contributed by atoms with Gasteiger partial charge in [-0.25, -0.2) is 4.98 Å². The third-order valence-corrected chi connectivity index (χ3v) is 7.59. The number of aryl methyl sites for hydroxylation is 1. The van der Waals surface area contributed by atoms with Crippen molar-refractivity contribution in [3.05, 3.63) is 56.9 Å². The zero-order valence-electron chi connectivity index (χ0n) is 20.7. The summed E-state index contributed by atoms with van der Waals surface area (Å²) in [5.74, 6) is 0. The monoisotopic (exact) mass is 518 g/mol. The van der Waals surface area contributed by atoms with Crippen LogP contribution in [-0.4, -0.2) is 35.4 Å². The molecule has 1 saturated carbocycles. The summed E-state index contributed by atoms with van der Waals surface area (Å²) in [5.41, 5.74) is 11.3. The summed E-state index contributed by atoms with van der Waals surface area (Å²) >= 11 is 8.21. The number of aromatic nitrogens is 2. The van der Waals surface area contributed by atoms with Crippen LogP contribution < -0.4 is 21.6 Å². The van der Waals surface area contributed by atoms with Gasteiger partial charge in [0.05, 0.1) is 44.1 Å². The maximum Gasteiger partial charge on any atom is 0.120 e. The number of hydrogen-bond acceptors (Lipinski definition) is 9. The van der Waals surface area contributed by atoms with E-state index in [1.54, 1.807) is 11.7 Å². The highest BCUT2D eigenvalue weighted by atomic mass is 35.5. The maximum atomic E-state index is 9.77. The van der Waals surface area contributed by atoms with E-state index in [9.17, 15) is 5.26 Å². The van der Waals surface area contributed by atoms with Crippen molar-refractivity contribution in [2.24, 2.45) is 5.41 Å². The van der Waals surface area contributed by atoms with Gasteiger partial charge in [-0.3, -0.25) is 9.99 Å². The highest BCUT2D eigenvalue weighted by Crippen LogP contribution is 2.40. The van der Waals surface area contributed by atoms with Gasteiger partial charge in [-0.2, -0.15) is 5.26 Å². The molecule has 2 aliphatic rings. The quantitative estimate of drug-likeness (QED) is 0.333. The number of hydrazine groups is 2. The van der Waals surface area contributed by atoms with E-state index in [1.807, 2.05) is 25.3 Å². The minimum Gasteiger partial charge on any atom is -0.383 e. The van der Waals surface area contributed by atoms with Crippen molar-refractivity contribution in [2.45, 2.75) is 52.0 Å². The van der Waals surface area contributed by atoms with E-state index in [1.165, 1.54) is 11.3 Å². The summed E-state index contributed by atoms with van der Waals surface area (Å²) in [7, 11) is 7.12. The Morgan fingerprint density at radius 3 is 2.72 bits per heavy atom. The second-order valence-electron chi connectivity index (χ2n) is 10.5. The molecule has 3 aromatic rings. The number of thiazole rings is 1. The minimum atomic E-state index is -1.10. The summed E-state index contributed by atoms with van der Waals surface area (Å²) < 4.78 is 0. The predicted octanol–water partition coefficient (Wildman–Crippen LogP) is 4.74. The topological polar surface area (TPSA) is 101 Å². The molecule has 3 heterocycles. The van der Waals surface area contributed by atoms with Crippen LogP contribution in [0, 0.1) is 23.7 Å². The number of rotatable bonds is 7. The van der Waals surface area contributed by atoms with E-state index in [-0.39, 0.29) is 5.41 Å². The molecule has 5 rings (SSSR count). The molecule has 11 heteroatoms. The molecule has 1 unspecified atom stereocenters. The molecule has 0 spiro atoms. The molecule has 2 aromatic heterocycles. The summed E-state index contributed by atoms with van der Waals surface area (Å²) in [6, 6.07) is 6.48. The van der Waals surface area contributed by atoms with E-state index in [2.05, 4.69) is 63.4 Å². The smallest absolute Gasteiger partial charge is 0.120 e. The number of fused-ring (bicyclic) bond motifs is 1. The van der Waals surface area contributed by atoms with Crippen molar-refractivity contribution >= 4 is 53.1 Å². The highest BCUT2D eigenvalue weighted by molar-refractivity contribution is 7.10. The number of nitrogens with zero attached hydrogens (tertiary/aromatic N) is 4. The third-order valence-electron chi connectivity index (χ3n) is 6.24. The van der Waals surface area contributed by atoms with Gasteiger partial charge in [0.25, 0.3) is 0 Å². The third kappa shape index (κ3) is 4.71. The van der Waals surface area contributed by atoms with Gasteiger partial charge in [0, 0.05) is 40.9 Å². The molecule has 1 atom stereocenters. The SMILES string of the molecule is [B]C(Nc1cc(Cl)c2ncc(C#N)c(NCC(C)(C)C)c2c1)(C1=CN(C2CC2)NN1)c1scnc1C. The van der Waals surface area contributed by atoms with Crippen LogP contribution in [-0.2, 0) is 5.44 Å². The molecule has 1 aliphatic carbocycles. The second-order valence-corrected chi connectivity index (χ2v) is 11.8. The Balaban J connectivity index is 1.60. The fourth-order valence-electron chi connectivity index (χ4n) is 4.19. The molecule has 4 N–H and O–H groups in total. The summed E-state index contributed by atoms with van der Waals surface area (Å²) in [5, 5.41) is 20.0. The van der Waals surface area contributed by atoms with Gasteiger partial charge in [-0.05, 0) is 37.3 Å². The van der Waals surface area contributed by atoms with Gasteiger partial charge < -0.3 is 16.1 Å². The first-order valence-electron chi connectivity index (χ1n) is 11.9. The van der Waals surface area contributed by atoms with Crippen LogP contribution in [0.5, 0.6) is 0 Å². The molecular formula is C25H28BClN8S. The Hall–Kier alpha value is -3.00. The molecule has 36 heavy (non-hydrogen) atoms. The highest BCUT2D eigenvalue weighted by Gasteiger charge is 2.39. The van der Waals surface area contributed by atoms with Crippen molar-refractivity contribution in [1.82, 2.24) is 25.9 Å². The number of nitriles is 1. The zero-order valence-corrected chi connectivity index (χ0v) is 22.3. The summed E-state index contributed by atoms with van der Waals surface area (Å²) in [6.07, 6.45) is 5.85. The zero-order chi connectivity index (χ0) is 25.7. The van der Waals surface area contributed by atoms with Crippen molar-refractivity contribution in [1.29, 1.82) is 5.26 Å². The molecule has 0 saturated heterocycles. The Kier molecular flexibility index (Phi) is 6.27. The van der Waals surface area contributed by atoms with Crippen LogP contribution >= 0.6 is 22.9 Å². The maximum absolute atomic E-state index is 9.77. The Morgan fingerprint density at radius 2 is 2.08 bits per heavy atom. The number of nitrogens with one attached hydrogen (secondary N) is 4. The van der Waals surface area contributed by atoms with Gasteiger partial charge >= 0.3 is 0 Å². The average molecular weight is 519 g/mol. The van der Waals surface area contributed by atoms with Crippen molar-refractivity contribution < 1.29 is 0 Å². The Bertz CT molecular complexity index is 1390. The number of halogens is 1. The van der Waals surface area contributed by atoms with Crippen LogP contribution in [0.3, 0.4) is 0 Å². The van der Waals surface area contributed by atoms with Gasteiger partial charge in [0.15, 0.2) is 0 Å². The largest absolute Gasteiger partial charge is 0.383 e. The first-order chi connectivity index (χ1) is 17.1. The van der Waals surface area contributed by atoms with E-state index in [4.69, 9.17) is 19.4 Å². The first kappa shape index (κ1) is 24.7. The van der Waals surface area contributed by atoms with E-state index < -0.39 is 5.44 Å². The molecule has 1 aromatic carbocycles. The van der Waals surface area contributed by atoms with Crippen molar-refractivity contribution in [3.63, 3.8) is 0 Å². The normalized spacial score (nSPS) is 17.3. The van der Waals surface area contributed by atoms with Crippen LogP contribution in [0.4, 0.5) is 11.4 Å². The van der Waals surface area contributed by atoms with Crippen molar-refractivity contribution in [3.8, 4) is 6.07 Å². The second kappa shape index (κ2) is 9.14.